The maximum Gasteiger partial charge on any atom is 0.323 e. The van der Waals surface area contributed by atoms with Gasteiger partial charge in [0.1, 0.15) is 6.04 Å². The summed E-state index contributed by atoms with van der Waals surface area (Å²) in [6.45, 7) is 5.52. The molecule has 1 saturated carbocycles. The summed E-state index contributed by atoms with van der Waals surface area (Å²) in [6.07, 6.45) is 0. The van der Waals surface area contributed by atoms with E-state index in [0.717, 1.165) is 6.54 Å². The molecular formula is C10H17NO2. The highest BCUT2D eigenvalue weighted by Crippen LogP contribution is 2.64. The van der Waals surface area contributed by atoms with Crippen LogP contribution in [0.3, 0.4) is 0 Å². The van der Waals surface area contributed by atoms with E-state index in [1.54, 1.807) is 0 Å². The van der Waals surface area contributed by atoms with Crippen LogP contribution in [-0.4, -0.2) is 37.6 Å². The molecule has 1 aliphatic carbocycles. The second kappa shape index (κ2) is 2.47. The largest absolute Gasteiger partial charge is 0.468 e. The van der Waals surface area contributed by atoms with E-state index in [2.05, 4.69) is 18.7 Å². The summed E-state index contributed by atoms with van der Waals surface area (Å²) < 4.78 is 4.81. The third kappa shape index (κ3) is 1.03. The molecule has 0 N–H and O–H groups in total. The molecule has 0 aromatic rings. The highest BCUT2D eigenvalue weighted by Gasteiger charge is 2.68. The van der Waals surface area contributed by atoms with Crippen molar-refractivity contribution in [3.8, 4) is 0 Å². The number of likely N-dealkylation sites (tertiary alicyclic amines) is 1. The van der Waals surface area contributed by atoms with E-state index < -0.39 is 0 Å². The SMILES string of the molecule is COC(=O)[C@@H]1[C@@H]2C(CN1C)C2(C)C. The van der Waals surface area contributed by atoms with Crippen molar-refractivity contribution in [3.05, 3.63) is 0 Å². The van der Waals surface area contributed by atoms with Crippen molar-refractivity contribution in [2.45, 2.75) is 19.9 Å². The average Bonchev–Trinajstić information content (AvgIpc) is 2.48. The second-order valence-corrected chi connectivity index (χ2v) is 4.86. The molecule has 0 amide bonds. The molecule has 0 spiro atoms. The van der Waals surface area contributed by atoms with Crippen LogP contribution in [0.4, 0.5) is 0 Å². The van der Waals surface area contributed by atoms with Crippen molar-refractivity contribution in [1.29, 1.82) is 0 Å². The van der Waals surface area contributed by atoms with Crippen LogP contribution in [0.25, 0.3) is 0 Å². The molecule has 3 atom stereocenters. The van der Waals surface area contributed by atoms with Crippen LogP contribution in [0, 0.1) is 17.3 Å². The number of methoxy groups -OCH3 is 1. The van der Waals surface area contributed by atoms with E-state index in [1.807, 2.05) is 7.05 Å². The maximum atomic E-state index is 11.5. The summed E-state index contributed by atoms with van der Waals surface area (Å²) in [5, 5.41) is 0. The predicted octanol–water partition coefficient (Wildman–Crippen LogP) is 0.746. The first kappa shape index (κ1) is 9.00. The minimum Gasteiger partial charge on any atom is -0.468 e. The zero-order chi connectivity index (χ0) is 9.80. The molecular weight excluding hydrogens is 166 g/mol. The van der Waals surface area contributed by atoms with Gasteiger partial charge in [0, 0.05) is 6.54 Å². The van der Waals surface area contributed by atoms with Gasteiger partial charge in [-0.05, 0) is 24.3 Å². The first-order valence-corrected chi connectivity index (χ1v) is 4.78. The average molecular weight is 183 g/mol. The molecule has 3 heteroatoms. The molecule has 0 bridgehead atoms. The van der Waals surface area contributed by atoms with E-state index >= 15 is 0 Å². The van der Waals surface area contributed by atoms with Gasteiger partial charge < -0.3 is 4.74 Å². The molecule has 0 aromatic heterocycles. The van der Waals surface area contributed by atoms with Crippen molar-refractivity contribution in [2.75, 3.05) is 20.7 Å². The number of rotatable bonds is 1. The van der Waals surface area contributed by atoms with Crippen LogP contribution in [0.15, 0.2) is 0 Å². The lowest BCUT2D eigenvalue weighted by atomic mass is 10.0. The Balaban J connectivity index is 2.15. The van der Waals surface area contributed by atoms with Crippen LogP contribution >= 0.6 is 0 Å². The highest BCUT2D eigenvalue weighted by molar-refractivity contribution is 5.77. The Morgan fingerprint density at radius 1 is 1.54 bits per heavy atom. The van der Waals surface area contributed by atoms with Crippen molar-refractivity contribution in [1.82, 2.24) is 4.90 Å². The highest BCUT2D eigenvalue weighted by atomic mass is 16.5. The number of fused-ring (bicyclic) bond motifs is 1. The van der Waals surface area contributed by atoms with Gasteiger partial charge in [-0.2, -0.15) is 0 Å². The number of carbonyl (C=O) groups excluding carboxylic acids is 1. The summed E-state index contributed by atoms with van der Waals surface area (Å²) in [7, 11) is 3.47. The number of esters is 1. The number of hydrogen-bond donors (Lipinski definition) is 0. The molecule has 13 heavy (non-hydrogen) atoms. The quantitative estimate of drug-likeness (QED) is 0.562. The summed E-state index contributed by atoms with van der Waals surface area (Å²) in [6, 6.07) is 0.00463. The van der Waals surface area contributed by atoms with E-state index in [9.17, 15) is 4.79 Å². The smallest absolute Gasteiger partial charge is 0.323 e. The van der Waals surface area contributed by atoms with Crippen LogP contribution in [0.5, 0.6) is 0 Å². The van der Waals surface area contributed by atoms with Gasteiger partial charge in [-0.25, -0.2) is 0 Å². The first-order chi connectivity index (χ1) is 6.00. The molecule has 74 valence electrons. The van der Waals surface area contributed by atoms with Gasteiger partial charge in [0.05, 0.1) is 7.11 Å². The summed E-state index contributed by atoms with van der Waals surface area (Å²) >= 11 is 0. The number of piperidine rings is 1. The summed E-state index contributed by atoms with van der Waals surface area (Å²) in [5.74, 6) is 1.15. The number of likely N-dealkylation sites (N-methyl/N-ethyl adjacent to an activating group) is 1. The van der Waals surface area contributed by atoms with Crippen molar-refractivity contribution < 1.29 is 9.53 Å². The Hall–Kier alpha value is -0.570. The van der Waals surface area contributed by atoms with E-state index in [-0.39, 0.29) is 12.0 Å². The van der Waals surface area contributed by atoms with Gasteiger partial charge in [-0.15, -0.1) is 0 Å². The number of ether oxygens (including phenoxy) is 1. The zero-order valence-corrected chi connectivity index (χ0v) is 8.70. The van der Waals surface area contributed by atoms with Crippen molar-refractivity contribution in [3.63, 3.8) is 0 Å². The molecule has 2 fully saturated rings. The number of hydrogen-bond acceptors (Lipinski definition) is 3. The van der Waals surface area contributed by atoms with E-state index in [4.69, 9.17) is 4.74 Å². The Morgan fingerprint density at radius 2 is 2.15 bits per heavy atom. The third-order valence-corrected chi connectivity index (χ3v) is 3.88. The lowest BCUT2D eigenvalue weighted by molar-refractivity contribution is -0.146. The molecule has 0 aromatic carbocycles. The van der Waals surface area contributed by atoms with Crippen LogP contribution in [0.1, 0.15) is 13.8 Å². The van der Waals surface area contributed by atoms with E-state index in [1.165, 1.54) is 7.11 Å². The Labute approximate surface area is 79.0 Å². The normalized spacial score (nSPS) is 41.4. The van der Waals surface area contributed by atoms with Gasteiger partial charge in [0.15, 0.2) is 0 Å². The fourth-order valence-corrected chi connectivity index (χ4v) is 2.91. The van der Waals surface area contributed by atoms with Crippen LogP contribution in [0.2, 0.25) is 0 Å². The van der Waals surface area contributed by atoms with Crippen LogP contribution < -0.4 is 0 Å². The molecule has 2 rings (SSSR count). The fourth-order valence-electron chi connectivity index (χ4n) is 2.91. The van der Waals surface area contributed by atoms with Gasteiger partial charge in [0.25, 0.3) is 0 Å². The van der Waals surface area contributed by atoms with Crippen molar-refractivity contribution >= 4 is 5.97 Å². The Kier molecular flexibility index (Phi) is 1.71. The lowest BCUT2D eigenvalue weighted by Gasteiger charge is -2.24. The zero-order valence-electron chi connectivity index (χ0n) is 8.70. The maximum absolute atomic E-state index is 11.5. The van der Waals surface area contributed by atoms with Gasteiger partial charge in [-0.3, -0.25) is 9.69 Å². The summed E-state index contributed by atoms with van der Waals surface area (Å²) in [5.41, 5.74) is 0.353. The molecule has 1 aliphatic heterocycles. The fraction of sp³-hybridized carbons (Fsp3) is 0.900. The molecule has 1 unspecified atom stereocenters. The Bertz CT molecular complexity index is 249. The lowest BCUT2D eigenvalue weighted by Crippen LogP contribution is -2.39. The molecule has 0 radical (unpaired) electrons. The summed E-state index contributed by atoms with van der Waals surface area (Å²) in [4.78, 5) is 13.6. The van der Waals surface area contributed by atoms with Crippen LogP contribution in [-0.2, 0) is 9.53 Å². The number of nitrogens with zero attached hydrogens (tertiary/aromatic N) is 1. The van der Waals surface area contributed by atoms with Crippen molar-refractivity contribution in [2.24, 2.45) is 17.3 Å². The monoisotopic (exact) mass is 183 g/mol. The van der Waals surface area contributed by atoms with Gasteiger partial charge in [0.2, 0.25) is 0 Å². The minimum atomic E-state index is -0.0689. The molecule has 1 heterocycles. The van der Waals surface area contributed by atoms with E-state index in [0.29, 0.717) is 17.3 Å². The minimum absolute atomic E-state index is 0.00463. The number of carbonyl (C=O) groups is 1. The first-order valence-electron chi connectivity index (χ1n) is 4.78. The Morgan fingerprint density at radius 3 is 2.62 bits per heavy atom. The standard InChI is InChI=1S/C10H17NO2/c1-10(2)6-5-11(3)8(7(6)10)9(12)13-4/h6-8H,5H2,1-4H3/t6?,7-,8-/m0/s1. The predicted molar refractivity (Wildman–Crippen MR) is 49.2 cm³/mol. The molecule has 1 saturated heterocycles. The molecule has 3 nitrogen and oxygen atoms in total. The van der Waals surface area contributed by atoms with Gasteiger partial charge >= 0.3 is 5.97 Å². The third-order valence-electron chi connectivity index (χ3n) is 3.88. The second-order valence-electron chi connectivity index (χ2n) is 4.86. The topological polar surface area (TPSA) is 29.5 Å². The van der Waals surface area contributed by atoms with Gasteiger partial charge in [-0.1, -0.05) is 13.8 Å². The molecule has 2 aliphatic rings.